The first kappa shape index (κ1) is 17.7. The maximum absolute atomic E-state index is 13.6. The summed E-state index contributed by atoms with van der Waals surface area (Å²) < 4.78 is 14.6. The van der Waals surface area contributed by atoms with Crippen LogP contribution in [0.3, 0.4) is 0 Å². The van der Waals surface area contributed by atoms with E-state index in [0.717, 1.165) is 10.2 Å². The highest BCUT2D eigenvalue weighted by Gasteiger charge is 2.30. The number of rotatable bonds is 4. The maximum atomic E-state index is 13.6. The molecule has 0 aliphatic carbocycles. The number of nitrogens with one attached hydrogen (secondary N) is 3. The van der Waals surface area contributed by atoms with Crippen LogP contribution >= 0.6 is 22.9 Å². The molecule has 0 saturated carbocycles. The third-order valence-electron chi connectivity index (χ3n) is 4.21. The first-order chi connectivity index (χ1) is 13.0. The van der Waals surface area contributed by atoms with Crippen molar-refractivity contribution in [1.29, 1.82) is 0 Å². The summed E-state index contributed by atoms with van der Waals surface area (Å²) in [5, 5.41) is 8.59. The fourth-order valence-corrected chi connectivity index (χ4v) is 4.09. The standard InChI is InChI=1S/C18H14ClFN4O2S/c19-10-7-9(5-6-11(10)20)15(24-16(25)13-8-21-18(26)23-13)17-22-12-3-1-2-4-14(12)27-17/h1-7,13,15H,8H2,(H,24,25)(H2,21,23,26)/t13?,15-/m1/s1. The number of nitrogens with zero attached hydrogens (tertiary/aromatic N) is 1. The number of thiazole rings is 1. The van der Waals surface area contributed by atoms with E-state index in [1.54, 1.807) is 6.07 Å². The number of urea groups is 1. The van der Waals surface area contributed by atoms with Crippen LogP contribution in [-0.2, 0) is 4.79 Å². The maximum Gasteiger partial charge on any atom is 0.315 e. The molecule has 1 unspecified atom stereocenters. The molecular weight excluding hydrogens is 391 g/mol. The van der Waals surface area contributed by atoms with Gasteiger partial charge in [-0.05, 0) is 29.8 Å². The number of amides is 3. The highest BCUT2D eigenvalue weighted by atomic mass is 35.5. The van der Waals surface area contributed by atoms with Gasteiger partial charge in [0.2, 0.25) is 5.91 Å². The summed E-state index contributed by atoms with van der Waals surface area (Å²) in [7, 11) is 0. The van der Waals surface area contributed by atoms with Gasteiger partial charge in [-0.2, -0.15) is 0 Å². The highest BCUT2D eigenvalue weighted by molar-refractivity contribution is 7.18. The van der Waals surface area contributed by atoms with E-state index in [1.807, 2.05) is 24.3 Å². The molecule has 6 nitrogen and oxygen atoms in total. The van der Waals surface area contributed by atoms with Crippen molar-refractivity contribution in [2.24, 2.45) is 0 Å². The predicted molar refractivity (Wildman–Crippen MR) is 101 cm³/mol. The van der Waals surface area contributed by atoms with Crippen LogP contribution in [0.4, 0.5) is 9.18 Å². The number of benzene rings is 2. The molecule has 1 fully saturated rings. The monoisotopic (exact) mass is 404 g/mol. The Morgan fingerprint density at radius 2 is 2.15 bits per heavy atom. The molecule has 1 aliphatic heterocycles. The molecule has 4 rings (SSSR count). The van der Waals surface area contributed by atoms with Crippen LogP contribution < -0.4 is 16.0 Å². The molecule has 2 atom stereocenters. The van der Waals surface area contributed by atoms with Crippen LogP contribution in [0.2, 0.25) is 5.02 Å². The highest BCUT2D eigenvalue weighted by Crippen LogP contribution is 2.32. The first-order valence-corrected chi connectivity index (χ1v) is 9.36. The van der Waals surface area contributed by atoms with E-state index in [4.69, 9.17) is 11.6 Å². The molecule has 2 heterocycles. The van der Waals surface area contributed by atoms with Crippen molar-refractivity contribution in [2.75, 3.05) is 6.54 Å². The summed E-state index contributed by atoms with van der Waals surface area (Å²) in [5.74, 6) is -0.903. The average Bonchev–Trinajstić information content (AvgIpc) is 3.28. The molecule has 2 aromatic carbocycles. The van der Waals surface area contributed by atoms with Gasteiger partial charge in [0, 0.05) is 6.54 Å². The SMILES string of the molecule is O=C1NCC(C(=O)N[C@H](c2ccc(F)c(Cl)c2)c2nc3ccccc3s2)N1. The lowest BCUT2D eigenvalue weighted by Gasteiger charge is -2.19. The predicted octanol–water partition coefficient (Wildman–Crippen LogP) is 2.98. The van der Waals surface area contributed by atoms with Gasteiger partial charge in [0.25, 0.3) is 0 Å². The molecule has 0 spiro atoms. The zero-order valence-electron chi connectivity index (χ0n) is 13.8. The van der Waals surface area contributed by atoms with E-state index in [0.29, 0.717) is 10.6 Å². The Labute approximate surface area is 162 Å². The molecule has 0 radical (unpaired) electrons. The van der Waals surface area contributed by atoms with E-state index >= 15 is 0 Å². The van der Waals surface area contributed by atoms with Crippen molar-refractivity contribution < 1.29 is 14.0 Å². The van der Waals surface area contributed by atoms with Crippen molar-refractivity contribution in [2.45, 2.75) is 12.1 Å². The fraction of sp³-hybridized carbons (Fsp3) is 0.167. The van der Waals surface area contributed by atoms with Crippen LogP contribution in [0, 0.1) is 5.82 Å². The van der Waals surface area contributed by atoms with Gasteiger partial charge >= 0.3 is 6.03 Å². The van der Waals surface area contributed by atoms with Gasteiger partial charge in [0.15, 0.2) is 0 Å². The van der Waals surface area contributed by atoms with Gasteiger partial charge in [-0.15, -0.1) is 11.3 Å². The molecule has 27 heavy (non-hydrogen) atoms. The largest absolute Gasteiger partial charge is 0.341 e. The quantitative estimate of drug-likeness (QED) is 0.625. The number of hydrogen-bond donors (Lipinski definition) is 3. The van der Waals surface area contributed by atoms with E-state index in [9.17, 15) is 14.0 Å². The molecule has 9 heteroatoms. The molecule has 1 aromatic heterocycles. The summed E-state index contributed by atoms with van der Waals surface area (Å²) in [5.41, 5.74) is 1.41. The van der Waals surface area contributed by atoms with Gasteiger partial charge in [0.05, 0.1) is 15.2 Å². The van der Waals surface area contributed by atoms with Crippen molar-refractivity contribution in [3.8, 4) is 0 Å². The average molecular weight is 405 g/mol. The summed E-state index contributed by atoms with van der Waals surface area (Å²) in [6.07, 6.45) is 0. The number of halogens is 2. The summed E-state index contributed by atoms with van der Waals surface area (Å²) in [6, 6.07) is 10.2. The molecule has 3 N–H and O–H groups in total. The molecule has 3 aromatic rings. The van der Waals surface area contributed by atoms with Crippen molar-refractivity contribution in [3.63, 3.8) is 0 Å². The molecule has 138 valence electrons. The Morgan fingerprint density at radius 3 is 2.85 bits per heavy atom. The van der Waals surface area contributed by atoms with E-state index in [-0.39, 0.29) is 17.5 Å². The minimum absolute atomic E-state index is 0.0382. The number of para-hydroxylation sites is 1. The number of hydrogen-bond acceptors (Lipinski definition) is 4. The smallest absolute Gasteiger partial charge is 0.315 e. The normalized spacial score (nSPS) is 17.4. The lowest BCUT2D eigenvalue weighted by molar-refractivity contribution is -0.122. The van der Waals surface area contributed by atoms with E-state index in [1.165, 1.54) is 23.5 Å². The summed E-state index contributed by atoms with van der Waals surface area (Å²) in [6.45, 7) is 0.196. The Kier molecular flexibility index (Phi) is 4.67. The summed E-state index contributed by atoms with van der Waals surface area (Å²) in [4.78, 5) is 28.5. The Morgan fingerprint density at radius 1 is 1.33 bits per heavy atom. The second-order valence-electron chi connectivity index (χ2n) is 6.04. The fourth-order valence-electron chi connectivity index (χ4n) is 2.85. The van der Waals surface area contributed by atoms with Crippen LogP contribution in [0.15, 0.2) is 42.5 Å². The Hall–Kier alpha value is -2.71. The molecular formula is C18H14ClFN4O2S. The second-order valence-corrected chi connectivity index (χ2v) is 7.51. The Balaban J connectivity index is 1.71. The van der Waals surface area contributed by atoms with Crippen LogP contribution in [0.25, 0.3) is 10.2 Å². The van der Waals surface area contributed by atoms with Gasteiger partial charge in [-0.3, -0.25) is 4.79 Å². The first-order valence-electron chi connectivity index (χ1n) is 8.16. The second kappa shape index (κ2) is 7.13. The summed E-state index contributed by atoms with van der Waals surface area (Å²) >= 11 is 7.36. The van der Waals surface area contributed by atoms with E-state index < -0.39 is 23.9 Å². The zero-order chi connectivity index (χ0) is 19.0. The third kappa shape index (κ3) is 3.58. The minimum atomic E-state index is -0.690. The van der Waals surface area contributed by atoms with Crippen molar-refractivity contribution in [1.82, 2.24) is 20.9 Å². The lowest BCUT2D eigenvalue weighted by atomic mass is 10.1. The van der Waals surface area contributed by atoms with Gasteiger partial charge in [-0.25, -0.2) is 14.2 Å². The lowest BCUT2D eigenvalue weighted by Crippen LogP contribution is -2.44. The van der Waals surface area contributed by atoms with Crippen molar-refractivity contribution in [3.05, 3.63) is 63.9 Å². The minimum Gasteiger partial charge on any atom is -0.341 e. The van der Waals surface area contributed by atoms with Gasteiger partial charge in [-0.1, -0.05) is 29.8 Å². The third-order valence-corrected chi connectivity index (χ3v) is 5.60. The van der Waals surface area contributed by atoms with Gasteiger partial charge in [0.1, 0.15) is 22.9 Å². The molecule has 0 bridgehead atoms. The van der Waals surface area contributed by atoms with Crippen LogP contribution in [-0.4, -0.2) is 29.5 Å². The topological polar surface area (TPSA) is 83.1 Å². The molecule has 1 aliphatic rings. The van der Waals surface area contributed by atoms with Crippen molar-refractivity contribution >= 4 is 45.1 Å². The van der Waals surface area contributed by atoms with Crippen LogP contribution in [0.1, 0.15) is 16.6 Å². The number of fused-ring (bicyclic) bond motifs is 1. The molecule has 3 amide bonds. The number of aromatic nitrogens is 1. The Bertz CT molecular complexity index is 1010. The van der Waals surface area contributed by atoms with E-state index in [2.05, 4.69) is 20.9 Å². The number of carbonyl (C=O) groups excluding carboxylic acids is 2. The van der Waals surface area contributed by atoms with Crippen LogP contribution in [0.5, 0.6) is 0 Å². The van der Waals surface area contributed by atoms with Gasteiger partial charge < -0.3 is 16.0 Å². The zero-order valence-corrected chi connectivity index (χ0v) is 15.4. The number of carbonyl (C=O) groups is 2. The molecule has 1 saturated heterocycles.